The van der Waals surface area contributed by atoms with Crippen molar-refractivity contribution < 1.29 is 19.2 Å². The molecule has 2 atom stereocenters. The Hall–Kier alpha value is -4.49. The highest BCUT2D eigenvalue weighted by atomic mass is 16.7. The van der Waals surface area contributed by atoms with E-state index in [9.17, 15) is 14.9 Å². The molecule has 0 bridgehead atoms. The molecule has 2 unspecified atom stereocenters. The van der Waals surface area contributed by atoms with Crippen LogP contribution >= 0.6 is 0 Å². The summed E-state index contributed by atoms with van der Waals surface area (Å²) in [6.45, 7) is 3.74. The monoisotopic (exact) mass is 580 g/mol. The molecular formula is C36H40N2O5. The van der Waals surface area contributed by atoms with Gasteiger partial charge in [-0.1, -0.05) is 103 Å². The number of amides is 1. The molecule has 0 radical (unpaired) electrons. The second-order valence-electron chi connectivity index (χ2n) is 10.5. The Morgan fingerprint density at radius 1 is 0.767 bits per heavy atom. The number of ether oxygens (including phenoxy) is 2. The van der Waals surface area contributed by atoms with Crippen molar-refractivity contribution in [2.75, 3.05) is 13.2 Å². The van der Waals surface area contributed by atoms with Crippen LogP contribution in [0.4, 0.5) is 0 Å². The number of nitro groups is 1. The second-order valence-corrected chi connectivity index (χ2v) is 10.5. The van der Waals surface area contributed by atoms with Crippen molar-refractivity contribution in [1.29, 1.82) is 0 Å². The van der Waals surface area contributed by atoms with E-state index in [0.717, 1.165) is 36.8 Å². The third-order valence-electron chi connectivity index (χ3n) is 7.42. The Kier molecular flexibility index (Phi) is 12.3. The summed E-state index contributed by atoms with van der Waals surface area (Å²) in [5.74, 6) is 0.420. The molecule has 0 fully saturated rings. The van der Waals surface area contributed by atoms with Crippen LogP contribution in [0.1, 0.15) is 67.1 Å². The fourth-order valence-corrected chi connectivity index (χ4v) is 5.03. The number of benzene rings is 4. The van der Waals surface area contributed by atoms with Gasteiger partial charge in [-0.25, -0.2) is 0 Å². The number of unbranched alkanes of at least 4 members (excludes halogenated alkanes) is 2. The Morgan fingerprint density at radius 2 is 1.37 bits per heavy atom. The van der Waals surface area contributed by atoms with Crippen LogP contribution in [0.5, 0.6) is 5.75 Å². The number of hydrogen-bond donors (Lipinski definition) is 0. The maximum atomic E-state index is 13.7. The van der Waals surface area contributed by atoms with Gasteiger partial charge < -0.3 is 14.4 Å². The van der Waals surface area contributed by atoms with E-state index in [-0.39, 0.29) is 11.9 Å². The Bertz CT molecular complexity index is 1400. The highest BCUT2D eigenvalue weighted by Crippen LogP contribution is 2.34. The SMILES string of the molecule is CC(c1ccccc1OC(c1ccccc1)[N+](=O)[O-])N(Cc1ccccc1)C(=O)CCCCCOCCc1ccccc1. The summed E-state index contributed by atoms with van der Waals surface area (Å²) >= 11 is 0. The fourth-order valence-electron chi connectivity index (χ4n) is 5.03. The molecule has 0 N–H and O–H groups in total. The van der Waals surface area contributed by atoms with Gasteiger partial charge in [0.1, 0.15) is 5.75 Å². The average molecular weight is 581 g/mol. The number of carbonyl (C=O) groups excluding carboxylic acids is 1. The lowest BCUT2D eigenvalue weighted by molar-refractivity contribution is -0.570. The average Bonchev–Trinajstić information content (AvgIpc) is 3.04. The van der Waals surface area contributed by atoms with Gasteiger partial charge in [0.15, 0.2) is 0 Å². The molecule has 7 nitrogen and oxygen atoms in total. The molecule has 4 aromatic rings. The molecule has 0 aliphatic carbocycles. The minimum Gasteiger partial charge on any atom is -0.426 e. The maximum Gasteiger partial charge on any atom is 0.380 e. The van der Waals surface area contributed by atoms with E-state index in [4.69, 9.17) is 9.47 Å². The van der Waals surface area contributed by atoms with Gasteiger partial charge >= 0.3 is 6.23 Å². The van der Waals surface area contributed by atoms with Gasteiger partial charge in [0.25, 0.3) is 0 Å². The summed E-state index contributed by atoms with van der Waals surface area (Å²) < 4.78 is 11.8. The third kappa shape index (κ3) is 9.79. The molecule has 224 valence electrons. The molecule has 0 aliphatic heterocycles. The van der Waals surface area contributed by atoms with Crippen molar-refractivity contribution in [3.63, 3.8) is 0 Å². The van der Waals surface area contributed by atoms with Crippen LogP contribution < -0.4 is 4.74 Å². The summed E-state index contributed by atoms with van der Waals surface area (Å²) in [6.07, 6.45) is 2.49. The first-order valence-corrected chi connectivity index (χ1v) is 14.9. The van der Waals surface area contributed by atoms with Crippen molar-refractivity contribution >= 4 is 5.91 Å². The van der Waals surface area contributed by atoms with E-state index in [1.165, 1.54) is 5.56 Å². The number of nitrogens with zero attached hydrogens (tertiary/aromatic N) is 2. The minimum absolute atomic E-state index is 0.0324. The lowest BCUT2D eigenvalue weighted by Gasteiger charge is -2.31. The van der Waals surface area contributed by atoms with Crippen molar-refractivity contribution in [3.05, 3.63) is 148 Å². The molecular weight excluding hydrogens is 540 g/mol. The summed E-state index contributed by atoms with van der Waals surface area (Å²) in [5, 5.41) is 12.0. The standard InChI is InChI=1S/C36H40N2O5/c1-29(33-22-13-14-23-34(33)43-36(38(40)41)32-20-10-4-11-21-32)37(28-31-18-8-3-9-19-31)35(39)24-12-5-15-26-42-27-25-30-16-6-2-7-17-30/h2-4,6-11,13-14,16-23,29,36H,5,12,15,24-28H2,1H3. The molecule has 0 spiro atoms. The minimum atomic E-state index is -1.36. The van der Waals surface area contributed by atoms with Crippen LogP contribution in [0.15, 0.2) is 115 Å². The molecule has 0 aromatic heterocycles. The van der Waals surface area contributed by atoms with Crippen LogP contribution in [0.3, 0.4) is 0 Å². The Morgan fingerprint density at radius 3 is 2.05 bits per heavy atom. The van der Waals surface area contributed by atoms with Crippen LogP contribution in [-0.4, -0.2) is 28.9 Å². The molecule has 4 aromatic carbocycles. The first kappa shape index (κ1) is 31.4. The van der Waals surface area contributed by atoms with Crippen molar-refractivity contribution in [2.45, 2.75) is 57.8 Å². The molecule has 0 aliphatic rings. The van der Waals surface area contributed by atoms with Gasteiger partial charge in [-0.3, -0.25) is 14.9 Å². The van der Waals surface area contributed by atoms with Gasteiger partial charge in [0, 0.05) is 25.1 Å². The van der Waals surface area contributed by atoms with E-state index in [1.54, 1.807) is 36.4 Å². The van der Waals surface area contributed by atoms with Gasteiger partial charge in [-0.15, -0.1) is 0 Å². The van der Waals surface area contributed by atoms with Crippen LogP contribution in [0.25, 0.3) is 0 Å². The summed E-state index contributed by atoms with van der Waals surface area (Å²) in [5.41, 5.74) is 3.46. The predicted octanol–water partition coefficient (Wildman–Crippen LogP) is 7.95. The molecule has 43 heavy (non-hydrogen) atoms. The maximum absolute atomic E-state index is 13.7. The predicted molar refractivity (Wildman–Crippen MR) is 168 cm³/mol. The molecule has 0 saturated heterocycles. The van der Waals surface area contributed by atoms with Crippen LogP contribution in [0, 0.1) is 10.1 Å². The van der Waals surface area contributed by atoms with Crippen LogP contribution in [-0.2, 0) is 22.5 Å². The largest absolute Gasteiger partial charge is 0.426 e. The highest BCUT2D eigenvalue weighted by molar-refractivity contribution is 5.76. The third-order valence-corrected chi connectivity index (χ3v) is 7.42. The molecule has 7 heteroatoms. The molecule has 0 saturated carbocycles. The summed E-state index contributed by atoms with van der Waals surface area (Å²) in [6, 6.07) is 35.7. The molecule has 4 rings (SSSR count). The lowest BCUT2D eigenvalue weighted by Crippen LogP contribution is -2.33. The Balaban J connectivity index is 1.38. The van der Waals surface area contributed by atoms with Gasteiger partial charge in [-0.05, 0) is 55.5 Å². The van der Waals surface area contributed by atoms with Crippen molar-refractivity contribution in [3.8, 4) is 5.75 Å². The van der Waals surface area contributed by atoms with E-state index in [1.807, 2.05) is 78.6 Å². The van der Waals surface area contributed by atoms with E-state index in [0.29, 0.717) is 37.5 Å². The first-order valence-electron chi connectivity index (χ1n) is 14.9. The number of hydrogen-bond acceptors (Lipinski definition) is 5. The zero-order valence-electron chi connectivity index (χ0n) is 24.7. The second kappa shape index (κ2) is 16.8. The summed E-state index contributed by atoms with van der Waals surface area (Å²) in [4.78, 5) is 27.0. The zero-order valence-corrected chi connectivity index (χ0v) is 24.7. The first-order chi connectivity index (χ1) is 21.0. The van der Waals surface area contributed by atoms with Gasteiger partial charge in [0.2, 0.25) is 5.91 Å². The van der Waals surface area contributed by atoms with Crippen molar-refractivity contribution in [1.82, 2.24) is 4.90 Å². The quantitative estimate of drug-likeness (QED) is 0.0548. The van der Waals surface area contributed by atoms with E-state index >= 15 is 0 Å². The molecule has 0 heterocycles. The fraction of sp³-hybridized carbons (Fsp3) is 0.306. The normalized spacial score (nSPS) is 12.3. The van der Waals surface area contributed by atoms with Crippen molar-refractivity contribution in [2.24, 2.45) is 0 Å². The molecule has 1 amide bonds. The number of rotatable bonds is 17. The highest BCUT2D eigenvalue weighted by Gasteiger charge is 2.29. The Labute approximate surface area is 254 Å². The summed E-state index contributed by atoms with van der Waals surface area (Å²) in [7, 11) is 0. The zero-order chi connectivity index (χ0) is 30.3. The smallest absolute Gasteiger partial charge is 0.380 e. The number of carbonyl (C=O) groups is 1. The lowest BCUT2D eigenvalue weighted by atomic mass is 10.0. The van der Waals surface area contributed by atoms with Gasteiger partial charge in [-0.2, -0.15) is 0 Å². The number of para-hydroxylation sites is 1. The topological polar surface area (TPSA) is 81.9 Å². The van der Waals surface area contributed by atoms with E-state index in [2.05, 4.69) is 12.1 Å². The van der Waals surface area contributed by atoms with E-state index < -0.39 is 11.2 Å². The van der Waals surface area contributed by atoms with Crippen LogP contribution in [0.2, 0.25) is 0 Å². The van der Waals surface area contributed by atoms with Gasteiger partial charge in [0.05, 0.1) is 23.1 Å².